The van der Waals surface area contributed by atoms with Crippen molar-refractivity contribution >= 4 is 156 Å². The third kappa shape index (κ3) is 14.5. The summed E-state index contributed by atoms with van der Waals surface area (Å²) in [5.74, 6) is 0. The molecule has 0 fully saturated rings. The number of nitrogens with zero attached hydrogens (tertiary/aromatic N) is 7. The van der Waals surface area contributed by atoms with Gasteiger partial charge in [-0.2, -0.15) is 0 Å². The molecule has 7 nitrogen and oxygen atoms in total. The Balaban J connectivity index is 0.718. The number of aromatic nitrogens is 1. The van der Waals surface area contributed by atoms with Crippen molar-refractivity contribution in [1.29, 1.82) is 0 Å². The molecule has 0 aliphatic carbocycles. The van der Waals surface area contributed by atoms with Crippen molar-refractivity contribution in [2.24, 2.45) is 0 Å². The highest BCUT2D eigenvalue weighted by Crippen LogP contribution is 2.51. The maximum absolute atomic E-state index is 2.45. The summed E-state index contributed by atoms with van der Waals surface area (Å²) < 4.78 is 4.96. The minimum absolute atomic E-state index is 0.975. The SMILES string of the molecule is c1ccc(-c2ccc(N(c3cc(N(c4ccccc4)c4ccccc4)cc(N(c4ccccc4)c4cccc(-c5cccc(-n6c7ccccc7c7cc(N(c8ccc(-c9ccccc9)cc8)c8cc(N(c9ccccc9)c9ccccc9)cc(N(c9ccccc9)c9ccccc9)c8)ccc76)c5)c4)c3)c3ccc4sc5ccccc5c4c3)cc2)cc1. The Bertz CT molecular complexity index is 7020. The number of anilines is 18. The van der Waals surface area contributed by atoms with Gasteiger partial charge in [0.15, 0.2) is 0 Å². The zero-order chi connectivity index (χ0) is 81.1. The van der Waals surface area contributed by atoms with Crippen LogP contribution >= 0.6 is 11.3 Å². The summed E-state index contributed by atoms with van der Waals surface area (Å²) in [6.07, 6.45) is 0. The highest BCUT2D eigenvalue weighted by atomic mass is 32.1. The van der Waals surface area contributed by atoms with E-state index in [-0.39, 0.29) is 0 Å². The normalized spacial score (nSPS) is 11.3. The molecule has 2 heterocycles. The van der Waals surface area contributed by atoms with E-state index in [4.69, 9.17) is 0 Å². The molecule has 21 rings (SSSR count). The molecule has 0 aliphatic heterocycles. The highest BCUT2D eigenvalue weighted by molar-refractivity contribution is 7.25. The summed E-state index contributed by atoms with van der Waals surface area (Å²) >= 11 is 1.84. The van der Waals surface area contributed by atoms with Crippen molar-refractivity contribution in [2.75, 3.05) is 29.4 Å². The molecular weight excluding hydrogens is 1500 g/mol. The quantitative estimate of drug-likeness (QED) is 0.0670. The summed E-state index contributed by atoms with van der Waals surface area (Å²) in [6, 6.07) is 179. The van der Waals surface area contributed by atoms with Crippen molar-refractivity contribution in [3.63, 3.8) is 0 Å². The number of thiophene rings is 1. The molecule has 8 heteroatoms. The molecule has 0 N–H and O–H groups in total. The number of rotatable bonds is 22. The molecule has 0 atom stereocenters. The van der Waals surface area contributed by atoms with Gasteiger partial charge in [0.25, 0.3) is 0 Å². The summed E-state index contributed by atoms with van der Waals surface area (Å²) in [5, 5.41) is 4.74. The van der Waals surface area contributed by atoms with Crippen LogP contribution in [0.1, 0.15) is 0 Å². The molecule has 19 aromatic carbocycles. The van der Waals surface area contributed by atoms with Gasteiger partial charge >= 0.3 is 0 Å². The van der Waals surface area contributed by atoms with Crippen LogP contribution < -0.4 is 29.4 Å². The Labute approximate surface area is 715 Å². The molecule has 0 aliphatic rings. The lowest BCUT2D eigenvalue weighted by Gasteiger charge is -2.33. The van der Waals surface area contributed by atoms with Crippen molar-refractivity contribution in [2.45, 2.75) is 0 Å². The van der Waals surface area contributed by atoms with Crippen molar-refractivity contribution in [3.8, 4) is 39.1 Å². The number of fused-ring (bicyclic) bond motifs is 6. The van der Waals surface area contributed by atoms with Gasteiger partial charge in [0.05, 0.1) is 45.2 Å². The van der Waals surface area contributed by atoms with E-state index in [1.165, 1.54) is 25.7 Å². The Morgan fingerprint density at radius 1 is 0.139 bits per heavy atom. The van der Waals surface area contributed by atoms with E-state index in [2.05, 4.69) is 525 Å². The molecule has 0 bridgehead atoms. The van der Waals surface area contributed by atoms with Gasteiger partial charge in [0.1, 0.15) is 0 Å². The highest BCUT2D eigenvalue weighted by Gasteiger charge is 2.28. The van der Waals surface area contributed by atoms with Crippen LogP contribution in [0.25, 0.3) is 81.0 Å². The monoisotopic (exact) mass is 1580 g/mol. The van der Waals surface area contributed by atoms with Gasteiger partial charge in [-0.3, -0.25) is 0 Å². The first kappa shape index (κ1) is 73.6. The zero-order valence-corrected chi connectivity index (χ0v) is 67.6. The molecule has 0 spiro atoms. The van der Waals surface area contributed by atoms with Gasteiger partial charge in [-0.1, -0.05) is 273 Å². The van der Waals surface area contributed by atoms with Crippen molar-refractivity contribution < 1.29 is 0 Å². The van der Waals surface area contributed by atoms with Gasteiger partial charge < -0.3 is 34.0 Å². The molecule has 0 saturated carbocycles. The average Bonchev–Trinajstić information content (AvgIpc) is 1.33. The molecule has 0 saturated heterocycles. The van der Waals surface area contributed by atoms with E-state index in [1.54, 1.807) is 0 Å². The van der Waals surface area contributed by atoms with E-state index in [0.29, 0.717) is 0 Å². The second-order valence-corrected chi connectivity index (χ2v) is 31.6. The lowest BCUT2D eigenvalue weighted by Crippen LogP contribution is -2.16. The minimum Gasteiger partial charge on any atom is -0.310 e. The van der Waals surface area contributed by atoms with Crippen LogP contribution in [0.5, 0.6) is 0 Å². The fourth-order valence-electron chi connectivity index (χ4n) is 17.4. The molecule has 122 heavy (non-hydrogen) atoms. The summed E-state index contributed by atoms with van der Waals surface area (Å²) in [6.45, 7) is 0. The van der Waals surface area contributed by atoms with E-state index >= 15 is 0 Å². The molecule has 0 radical (unpaired) electrons. The third-order valence-corrected chi connectivity index (χ3v) is 24.1. The summed E-state index contributed by atoms with van der Waals surface area (Å²) in [7, 11) is 0. The fraction of sp³-hybridized carbons (Fsp3) is 0. The van der Waals surface area contributed by atoms with Crippen LogP contribution in [0.4, 0.5) is 102 Å². The zero-order valence-electron chi connectivity index (χ0n) is 66.8. The third-order valence-electron chi connectivity index (χ3n) is 23.0. The Hall–Kier alpha value is -16.0. The summed E-state index contributed by atoms with van der Waals surface area (Å²) in [4.78, 5) is 14.4. The van der Waals surface area contributed by atoms with Crippen LogP contribution in [0, 0.1) is 0 Å². The second kappa shape index (κ2) is 32.8. The lowest BCUT2D eigenvalue weighted by molar-refractivity contribution is 1.18. The van der Waals surface area contributed by atoms with Crippen LogP contribution in [-0.4, -0.2) is 4.57 Å². The largest absolute Gasteiger partial charge is 0.310 e. The maximum atomic E-state index is 2.45. The first-order valence-electron chi connectivity index (χ1n) is 41.4. The Morgan fingerprint density at radius 3 is 0.811 bits per heavy atom. The first-order valence-corrected chi connectivity index (χ1v) is 42.2. The number of hydrogen-bond donors (Lipinski definition) is 0. The molecule has 578 valence electrons. The van der Waals surface area contributed by atoms with Crippen molar-refractivity contribution in [3.05, 3.63) is 491 Å². The summed E-state index contributed by atoms with van der Waals surface area (Å²) in [5.41, 5.74) is 28.3. The smallest absolute Gasteiger partial charge is 0.0542 e. The van der Waals surface area contributed by atoms with E-state index in [9.17, 15) is 0 Å². The van der Waals surface area contributed by atoms with Crippen molar-refractivity contribution in [1.82, 2.24) is 4.57 Å². The average molecular weight is 1580 g/mol. The standard InChI is InChI=1S/C114H81N7S/c1-10-34-82(35-11-1)84-60-64-95(65-61-84)119(105-76-101(115(88-40-14-3-15-41-88)89-42-16-4-17-43-89)74-102(77-105)116(90-44-18-5-19-45-90)91-46-20-6-21-47-91)99-68-70-112-109(80-99)107-56-28-30-58-111(107)121(112)98-55-33-39-87(73-98)86-38-32-54-97(72-86)118(94-52-26-9-27-53-94)104-75-103(117(92-48-22-7-23-49-92)93-50-24-8-25-51-93)78-106(79-104)120(96-66-62-85(63-67-96)83-36-12-2-13-37-83)100-69-71-114-110(81-100)108-57-29-31-59-113(108)122-114/h1-81H. The molecule has 2 aromatic heterocycles. The van der Waals surface area contributed by atoms with Gasteiger partial charge in [0, 0.05) is 105 Å². The number of para-hydroxylation sites is 8. The molecule has 21 aromatic rings. The van der Waals surface area contributed by atoms with Gasteiger partial charge in [-0.05, 0) is 252 Å². The van der Waals surface area contributed by atoms with E-state index in [0.717, 1.165) is 158 Å². The minimum atomic E-state index is 0.975. The first-order chi connectivity index (χ1) is 60.5. The molecule has 0 amide bonds. The van der Waals surface area contributed by atoms with Gasteiger partial charge in [-0.15, -0.1) is 11.3 Å². The van der Waals surface area contributed by atoms with Gasteiger partial charge in [0.2, 0.25) is 0 Å². The van der Waals surface area contributed by atoms with E-state index in [1.807, 2.05) is 11.3 Å². The molecule has 0 unspecified atom stereocenters. The predicted molar refractivity (Wildman–Crippen MR) is 518 cm³/mol. The Kier molecular flexibility index (Phi) is 19.8. The van der Waals surface area contributed by atoms with Crippen LogP contribution in [0.15, 0.2) is 491 Å². The van der Waals surface area contributed by atoms with Crippen LogP contribution in [0.3, 0.4) is 0 Å². The number of benzene rings is 19. The van der Waals surface area contributed by atoms with E-state index < -0.39 is 0 Å². The van der Waals surface area contributed by atoms with Crippen LogP contribution in [-0.2, 0) is 0 Å². The molecular formula is C114H81N7S. The number of hydrogen-bond acceptors (Lipinski definition) is 7. The topological polar surface area (TPSA) is 24.4 Å². The lowest BCUT2D eigenvalue weighted by atomic mass is 10.0. The van der Waals surface area contributed by atoms with Crippen LogP contribution in [0.2, 0.25) is 0 Å². The Morgan fingerprint density at radius 2 is 0.402 bits per heavy atom. The second-order valence-electron chi connectivity index (χ2n) is 30.5. The van der Waals surface area contributed by atoms with Gasteiger partial charge in [-0.25, -0.2) is 0 Å². The predicted octanol–water partition coefficient (Wildman–Crippen LogP) is 33.0. The fourth-order valence-corrected chi connectivity index (χ4v) is 18.5. The maximum Gasteiger partial charge on any atom is 0.0542 e.